The van der Waals surface area contributed by atoms with Crippen LogP contribution in [0.5, 0.6) is 0 Å². The molecule has 1 saturated carbocycles. The van der Waals surface area contributed by atoms with Gasteiger partial charge in [-0.05, 0) is 24.3 Å². The predicted octanol–water partition coefficient (Wildman–Crippen LogP) is 3.27. The van der Waals surface area contributed by atoms with Crippen LogP contribution in [-0.4, -0.2) is 42.1 Å². The van der Waals surface area contributed by atoms with Gasteiger partial charge in [-0.15, -0.1) is 0 Å². The summed E-state index contributed by atoms with van der Waals surface area (Å²) in [5, 5.41) is 4.99. The Hall–Kier alpha value is -3.81. The Kier molecular flexibility index (Phi) is 6.58. The van der Waals surface area contributed by atoms with Gasteiger partial charge in [-0.2, -0.15) is 0 Å². The minimum Gasteiger partial charge on any atom is -0.452 e. The Labute approximate surface area is 197 Å². The number of ketones is 2. The summed E-state index contributed by atoms with van der Waals surface area (Å²) in [6.45, 7) is 3.51. The highest BCUT2D eigenvalue weighted by atomic mass is 16.5. The number of fused-ring (bicyclic) bond motifs is 2. The lowest BCUT2D eigenvalue weighted by Crippen LogP contribution is -2.49. The van der Waals surface area contributed by atoms with Crippen LogP contribution in [0.2, 0.25) is 0 Å². The number of benzene rings is 2. The first-order valence-corrected chi connectivity index (χ1v) is 11.4. The summed E-state index contributed by atoms with van der Waals surface area (Å²) in [5.74, 6) is -1.77. The predicted molar refractivity (Wildman–Crippen MR) is 123 cm³/mol. The number of imide groups is 1. The summed E-state index contributed by atoms with van der Waals surface area (Å²) in [6, 6.07) is 10.1. The molecule has 0 bridgehead atoms. The summed E-state index contributed by atoms with van der Waals surface area (Å²) in [6.07, 6.45) is 2.96. The maximum absolute atomic E-state index is 13.0. The standard InChI is InChI=1S/C26H26N2O6/c1-14-7-5-12-20(15(14)2)27-26(33)28-21(29)13-34-25(32)19-11-6-10-18-22(19)24(31)17-9-4-3-8-16(17)23(18)30/h3-4,6,8-11,14-15,20H,5,7,12-13H2,1-2H3,(H2,27,28,29,33)/t14-,15-,20+/m1/s1. The Balaban J connectivity index is 1.39. The lowest BCUT2D eigenvalue weighted by Gasteiger charge is -2.34. The van der Waals surface area contributed by atoms with Crippen molar-refractivity contribution in [2.45, 2.75) is 39.2 Å². The van der Waals surface area contributed by atoms with Gasteiger partial charge in [-0.25, -0.2) is 9.59 Å². The molecule has 8 heteroatoms. The third-order valence-electron chi connectivity index (χ3n) is 6.78. The van der Waals surface area contributed by atoms with Crippen molar-refractivity contribution < 1.29 is 28.7 Å². The van der Waals surface area contributed by atoms with Gasteiger partial charge >= 0.3 is 12.0 Å². The molecule has 0 radical (unpaired) electrons. The number of urea groups is 1. The summed E-state index contributed by atoms with van der Waals surface area (Å²) in [4.78, 5) is 62.9. The van der Waals surface area contributed by atoms with Crippen LogP contribution in [0.4, 0.5) is 4.79 Å². The highest BCUT2D eigenvalue weighted by molar-refractivity contribution is 6.30. The molecule has 2 aromatic carbocycles. The third kappa shape index (κ3) is 4.48. The van der Waals surface area contributed by atoms with Gasteiger partial charge in [0.05, 0.1) is 5.56 Å². The number of carbonyl (C=O) groups is 5. The highest BCUT2D eigenvalue weighted by Gasteiger charge is 2.33. The molecule has 2 N–H and O–H groups in total. The van der Waals surface area contributed by atoms with Crippen LogP contribution in [0.1, 0.15) is 75.3 Å². The molecule has 4 rings (SSSR count). The molecule has 8 nitrogen and oxygen atoms in total. The van der Waals surface area contributed by atoms with Crippen molar-refractivity contribution >= 4 is 29.5 Å². The molecule has 2 aliphatic carbocycles. The zero-order chi connectivity index (χ0) is 24.4. The Morgan fingerprint density at radius 3 is 2.32 bits per heavy atom. The monoisotopic (exact) mass is 462 g/mol. The van der Waals surface area contributed by atoms with Gasteiger partial charge in [0.1, 0.15) is 0 Å². The second kappa shape index (κ2) is 9.59. The SMILES string of the molecule is C[C@@H]1[C@H](C)CCC[C@@H]1NC(=O)NC(=O)COC(=O)c1cccc2c1C(=O)c1ccccc1C2=O. The number of nitrogens with one attached hydrogen (secondary N) is 2. The van der Waals surface area contributed by atoms with Gasteiger partial charge in [0, 0.05) is 28.3 Å². The van der Waals surface area contributed by atoms with Crippen molar-refractivity contribution in [3.8, 4) is 0 Å². The molecule has 2 aromatic rings. The minimum absolute atomic E-state index is 0.0265. The second-order valence-electron chi connectivity index (χ2n) is 8.90. The van der Waals surface area contributed by atoms with Crippen LogP contribution < -0.4 is 10.6 Å². The first-order valence-electron chi connectivity index (χ1n) is 11.4. The van der Waals surface area contributed by atoms with E-state index in [4.69, 9.17) is 4.74 Å². The van der Waals surface area contributed by atoms with E-state index >= 15 is 0 Å². The number of rotatable bonds is 4. The van der Waals surface area contributed by atoms with E-state index in [1.807, 2.05) is 0 Å². The van der Waals surface area contributed by atoms with E-state index in [9.17, 15) is 24.0 Å². The fraction of sp³-hybridized carbons (Fsp3) is 0.346. The van der Waals surface area contributed by atoms with Gasteiger partial charge in [0.2, 0.25) is 0 Å². The number of carbonyl (C=O) groups excluding carboxylic acids is 5. The van der Waals surface area contributed by atoms with Crippen molar-refractivity contribution in [3.63, 3.8) is 0 Å². The van der Waals surface area contributed by atoms with Crippen LogP contribution in [0, 0.1) is 11.8 Å². The van der Waals surface area contributed by atoms with Crippen LogP contribution >= 0.6 is 0 Å². The number of amides is 3. The lowest BCUT2D eigenvalue weighted by molar-refractivity contribution is -0.123. The molecule has 0 heterocycles. The van der Waals surface area contributed by atoms with Gasteiger partial charge in [-0.1, -0.05) is 63.1 Å². The number of hydrogen-bond acceptors (Lipinski definition) is 6. The van der Waals surface area contributed by atoms with Crippen molar-refractivity contribution in [1.82, 2.24) is 10.6 Å². The van der Waals surface area contributed by atoms with Crippen LogP contribution in [-0.2, 0) is 9.53 Å². The molecule has 3 amide bonds. The Morgan fingerprint density at radius 2 is 1.59 bits per heavy atom. The average molecular weight is 463 g/mol. The van der Waals surface area contributed by atoms with E-state index in [0.29, 0.717) is 11.8 Å². The van der Waals surface area contributed by atoms with Gasteiger partial charge < -0.3 is 10.1 Å². The van der Waals surface area contributed by atoms with Crippen molar-refractivity contribution in [2.24, 2.45) is 11.8 Å². The maximum atomic E-state index is 13.0. The molecule has 0 aliphatic heterocycles. The van der Waals surface area contributed by atoms with Crippen molar-refractivity contribution in [2.75, 3.05) is 6.61 Å². The summed E-state index contributed by atoms with van der Waals surface area (Å²) >= 11 is 0. The van der Waals surface area contributed by atoms with E-state index in [0.717, 1.165) is 19.3 Å². The van der Waals surface area contributed by atoms with E-state index in [1.54, 1.807) is 18.2 Å². The van der Waals surface area contributed by atoms with Crippen LogP contribution in [0.25, 0.3) is 0 Å². The normalized spacial score (nSPS) is 21.2. The van der Waals surface area contributed by atoms with E-state index in [-0.39, 0.29) is 39.6 Å². The van der Waals surface area contributed by atoms with E-state index in [1.165, 1.54) is 24.3 Å². The zero-order valence-corrected chi connectivity index (χ0v) is 19.1. The molecule has 0 spiro atoms. The van der Waals surface area contributed by atoms with Crippen molar-refractivity contribution in [1.29, 1.82) is 0 Å². The number of hydrogen-bond donors (Lipinski definition) is 2. The fourth-order valence-electron chi connectivity index (χ4n) is 4.68. The third-order valence-corrected chi connectivity index (χ3v) is 6.78. The molecule has 34 heavy (non-hydrogen) atoms. The zero-order valence-electron chi connectivity index (χ0n) is 19.1. The largest absolute Gasteiger partial charge is 0.452 e. The van der Waals surface area contributed by atoms with Gasteiger partial charge in [0.25, 0.3) is 5.91 Å². The second-order valence-corrected chi connectivity index (χ2v) is 8.90. The molecular formula is C26H26N2O6. The number of ether oxygens (including phenoxy) is 1. The van der Waals surface area contributed by atoms with Crippen molar-refractivity contribution in [3.05, 3.63) is 70.3 Å². The highest BCUT2D eigenvalue weighted by Crippen LogP contribution is 2.30. The first kappa shape index (κ1) is 23.4. The molecule has 0 saturated heterocycles. The quantitative estimate of drug-likeness (QED) is 0.575. The topological polar surface area (TPSA) is 119 Å². The van der Waals surface area contributed by atoms with Crippen LogP contribution in [0.15, 0.2) is 42.5 Å². The van der Waals surface area contributed by atoms with E-state index < -0.39 is 30.3 Å². The van der Waals surface area contributed by atoms with E-state index in [2.05, 4.69) is 24.5 Å². The molecular weight excluding hydrogens is 436 g/mol. The maximum Gasteiger partial charge on any atom is 0.339 e. The molecule has 176 valence electrons. The Bertz CT molecular complexity index is 1190. The number of esters is 1. The molecule has 3 atom stereocenters. The molecule has 0 aromatic heterocycles. The lowest BCUT2D eigenvalue weighted by atomic mass is 9.78. The molecule has 1 fully saturated rings. The van der Waals surface area contributed by atoms with Crippen LogP contribution in [0.3, 0.4) is 0 Å². The fourth-order valence-corrected chi connectivity index (χ4v) is 4.68. The minimum atomic E-state index is -0.928. The Morgan fingerprint density at radius 1 is 0.912 bits per heavy atom. The molecule has 0 unspecified atom stereocenters. The summed E-state index contributed by atoms with van der Waals surface area (Å²) in [5.41, 5.74) is 0.443. The summed E-state index contributed by atoms with van der Waals surface area (Å²) in [7, 11) is 0. The summed E-state index contributed by atoms with van der Waals surface area (Å²) < 4.78 is 5.06. The van der Waals surface area contributed by atoms with Gasteiger partial charge in [-0.3, -0.25) is 19.7 Å². The average Bonchev–Trinajstić information content (AvgIpc) is 2.83. The molecule has 2 aliphatic rings. The van der Waals surface area contributed by atoms with Gasteiger partial charge in [0.15, 0.2) is 18.2 Å². The first-order chi connectivity index (χ1) is 16.3. The smallest absolute Gasteiger partial charge is 0.339 e.